The van der Waals surface area contributed by atoms with Crippen LogP contribution in [0, 0.1) is 0 Å². The highest BCUT2D eigenvalue weighted by molar-refractivity contribution is 6.61. The first-order valence-electron chi connectivity index (χ1n) is 8.43. The van der Waals surface area contributed by atoms with Gasteiger partial charge < -0.3 is 10.4 Å². The molecule has 0 unspecified atom stereocenters. The van der Waals surface area contributed by atoms with Crippen molar-refractivity contribution in [3.05, 3.63) is 36.5 Å². The first kappa shape index (κ1) is 25.9. The SMILES string of the molecule is CCNC(=O)C=CC=CC=NC(=O)CC(=O)C=CC(=O)CC=NC(=O)C(=O)C(=O)O. The second-order valence-corrected chi connectivity index (χ2v) is 5.21. The van der Waals surface area contributed by atoms with Crippen molar-refractivity contribution in [2.24, 2.45) is 9.98 Å². The van der Waals surface area contributed by atoms with Gasteiger partial charge in [0.05, 0.1) is 6.42 Å². The number of ketones is 3. The Morgan fingerprint density at radius 3 is 2.17 bits per heavy atom. The van der Waals surface area contributed by atoms with Crippen LogP contribution in [0.15, 0.2) is 46.4 Å². The molecular weight excluding hydrogens is 398 g/mol. The Morgan fingerprint density at radius 1 is 0.867 bits per heavy atom. The van der Waals surface area contributed by atoms with Gasteiger partial charge in [0.25, 0.3) is 5.91 Å². The number of carbonyl (C=O) groups excluding carboxylic acids is 6. The van der Waals surface area contributed by atoms with E-state index in [9.17, 15) is 33.6 Å². The van der Waals surface area contributed by atoms with Gasteiger partial charge in [-0.15, -0.1) is 0 Å². The third-order valence-corrected chi connectivity index (χ3v) is 2.80. The molecule has 0 aromatic carbocycles. The molecule has 0 rings (SSSR count). The van der Waals surface area contributed by atoms with Crippen LogP contribution in [0.4, 0.5) is 0 Å². The molecular formula is C19H19N3O8. The number of nitrogens with zero attached hydrogens (tertiary/aromatic N) is 2. The number of carbonyl (C=O) groups is 7. The van der Waals surface area contributed by atoms with Crippen molar-refractivity contribution >= 4 is 53.5 Å². The van der Waals surface area contributed by atoms with Gasteiger partial charge in [0.15, 0.2) is 11.6 Å². The molecule has 30 heavy (non-hydrogen) atoms. The molecule has 0 heterocycles. The summed E-state index contributed by atoms with van der Waals surface area (Å²) in [7, 11) is 0. The molecule has 0 saturated heterocycles. The number of likely N-dealkylation sites (N-methyl/N-ethyl adjacent to an activating group) is 1. The molecule has 0 atom stereocenters. The van der Waals surface area contributed by atoms with E-state index in [0.717, 1.165) is 24.6 Å². The molecule has 3 amide bonds. The molecule has 11 nitrogen and oxygen atoms in total. The van der Waals surface area contributed by atoms with Crippen molar-refractivity contribution in [3.63, 3.8) is 0 Å². The molecule has 0 fully saturated rings. The molecule has 0 aliphatic heterocycles. The average molecular weight is 417 g/mol. The lowest BCUT2D eigenvalue weighted by Crippen LogP contribution is -2.21. The van der Waals surface area contributed by atoms with Crippen molar-refractivity contribution in [1.82, 2.24) is 5.32 Å². The summed E-state index contributed by atoms with van der Waals surface area (Å²) >= 11 is 0. The smallest absolute Gasteiger partial charge is 0.382 e. The summed E-state index contributed by atoms with van der Waals surface area (Å²) in [6.07, 6.45) is 8.10. The predicted octanol–water partition coefficient (Wildman–Crippen LogP) is -0.442. The van der Waals surface area contributed by atoms with Gasteiger partial charge in [-0.1, -0.05) is 12.2 Å². The zero-order valence-corrected chi connectivity index (χ0v) is 15.9. The van der Waals surface area contributed by atoms with Crippen LogP contribution in [0.1, 0.15) is 19.8 Å². The van der Waals surface area contributed by atoms with Crippen LogP contribution in [0.3, 0.4) is 0 Å². The number of carboxylic acids is 1. The first-order valence-corrected chi connectivity index (χ1v) is 8.43. The number of rotatable bonds is 12. The third kappa shape index (κ3) is 13.1. The van der Waals surface area contributed by atoms with Gasteiger partial charge in [-0.3, -0.25) is 28.8 Å². The number of aliphatic carboxylic acids is 1. The molecule has 2 N–H and O–H groups in total. The summed E-state index contributed by atoms with van der Waals surface area (Å²) in [4.78, 5) is 84.1. The highest BCUT2D eigenvalue weighted by Gasteiger charge is 2.20. The first-order chi connectivity index (χ1) is 14.2. The van der Waals surface area contributed by atoms with Gasteiger partial charge in [-0.2, -0.15) is 0 Å². The van der Waals surface area contributed by atoms with Crippen molar-refractivity contribution in [3.8, 4) is 0 Å². The van der Waals surface area contributed by atoms with E-state index in [2.05, 4.69) is 15.3 Å². The third-order valence-electron chi connectivity index (χ3n) is 2.80. The molecule has 0 radical (unpaired) electrons. The fourth-order valence-electron chi connectivity index (χ4n) is 1.49. The predicted molar refractivity (Wildman–Crippen MR) is 105 cm³/mol. The van der Waals surface area contributed by atoms with Crippen molar-refractivity contribution in [1.29, 1.82) is 0 Å². The zero-order valence-electron chi connectivity index (χ0n) is 15.9. The number of hydrogen-bond acceptors (Lipinski definition) is 7. The topological polar surface area (TPSA) is 176 Å². The summed E-state index contributed by atoms with van der Waals surface area (Å²) in [6, 6.07) is 0. The molecule has 0 aliphatic carbocycles. The minimum absolute atomic E-state index is 0.270. The lowest BCUT2D eigenvalue weighted by molar-refractivity contribution is -0.152. The van der Waals surface area contributed by atoms with Gasteiger partial charge >= 0.3 is 17.7 Å². The summed E-state index contributed by atoms with van der Waals surface area (Å²) in [5, 5.41) is 10.8. The van der Waals surface area contributed by atoms with Crippen molar-refractivity contribution in [2.75, 3.05) is 6.54 Å². The number of carboxylic acid groups (broad SMARTS) is 1. The summed E-state index contributed by atoms with van der Waals surface area (Å²) in [5.41, 5.74) is 0. The molecule has 0 aliphatic rings. The van der Waals surface area contributed by atoms with E-state index in [1.165, 1.54) is 24.3 Å². The molecule has 158 valence electrons. The van der Waals surface area contributed by atoms with E-state index < -0.39 is 48.0 Å². The van der Waals surface area contributed by atoms with Crippen LogP contribution in [0.25, 0.3) is 0 Å². The van der Waals surface area contributed by atoms with Crippen LogP contribution in [-0.2, 0) is 33.6 Å². The Morgan fingerprint density at radius 2 is 1.53 bits per heavy atom. The Labute approximate surface area is 171 Å². The molecule has 0 aromatic rings. The Bertz CT molecular complexity index is 863. The van der Waals surface area contributed by atoms with Gasteiger partial charge in [-0.05, 0) is 25.2 Å². The van der Waals surface area contributed by atoms with Crippen LogP contribution in [-0.4, -0.2) is 65.1 Å². The highest BCUT2D eigenvalue weighted by atomic mass is 16.4. The maximum atomic E-state index is 11.6. The number of allylic oxidation sites excluding steroid dienone is 5. The van der Waals surface area contributed by atoms with Crippen LogP contribution in [0.2, 0.25) is 0 Å². The molecule has 0 saturated carbocycles. The molecule has 0 bridgehead atoms. The standard InChI is InChI=1S/C19H19N3O8/c1-2-20-15(25)6-4-3-5-10-21-16(26)12-14(24)8-7-13(23)9-11-22-18(28)17(27)19(29)30/h3-8,10-11H,2,9,12H2,1H3,(H,20,25)(H,29,30). The summed E-state index contributed by atoms with van der Waals surface area (Å²) in [5.74, 6) is -7.63. The fraction of sp³-hybridized carbons (Fsp3) is 0.211. The van der Waals surface area contributed by atoms with E-state index in [1.807, 2.05) is 0 Å². The minimum atomic E-state index is -1.97. The fourth-order valence-corrected chi connectivity index (χ4v) is 1.49. The number of hydrogen-bond donors (Lipinski definition) is 2. The zero-order chi connectivity index (χ0) is 22.9. The maximum absolute atomic E-state index is 11.6. The van der Waals surface area contributed by atoms with Crippen LogP contribution >= 0.6 is 0 Å². The molecule has 0 spiro atoms. The quantitative estimate of drug-likeness (QED) is 0.141. The lowest BCUT2D eigenvalue weighted by atomic mass is 10.2. The van der Waals surface area contributed by atoms with Crippen LogP contribution < -0.4 is 5.32 Å². The van der Waals surface area contributed by atoms with Crippen molar-refractivity contribution < 1.29 is 38.7 Å². The van der Waals surface area contributed by atoms with Gasteiger partial charge in [0.1, 0.15) is 0 Å². The van der Waals surface area contributed by atoms with E-state index in [0.29, 0.717) is 6.54 Å². The van der Waals surface area contributed by atoms with Gasteiger partial charge in [-0.25, -0.2) is 14.8 Å². The Kier molecular flexibility index (Phi) is 12.8. The second kappa shape index (κ2) is 14.9. The monoisotopic (exact) mass is 417 g/mol. The van der Waals surface area contributed by atoms with Gasteiger partial charge in [0, 0.05) is 31.5 Å². The van der Waals surface area contributed by atoms with E-state index >= 15 is 0 Å². The molecule has 11 heteroatoms. The number of Topliss-reactive ketones (excluding diaryl/α,β-unsaturated/α-hetero) is 1. The normalized spacial score (nSPS) is 11.6. The van der Waals surface area contributed by atoms with Gasteiger partial charge in [0.2, 0.25) is 5.91 Å². The minimum Gasteiger partial charge on any atom is -0.475 e. The highest BCUT2D eigenvalue weighted by Crippen LogP contribution is 1.92. The number of nitrogens with one attached hydrogen (secondary N) is 1. The largest absolute Gasteiger partial charge is 0.475 e. The van der Waals surface area contributed by atoms with Crippen molar-refractivity contribution in [2.45, 2.75) is 19.8 Å². The second-order valence-electron chi connectivity index (χ2n) is 5.21. The van der Waals surface area contributed by atoms with E-state index in [1.54, 1.807) is 6.92 Å². The lowest BCUT2D eigenvalue weighted by Gasteiger charge is -1.92. The Hall–Kier alpha value is -4.15. The summed E-state index contributed by atoms with van der Waals surface area (Å²) in [6.45, 7) is 2.27. The Balaban J connectivity index is 4.36. The number of aliphatic imine (C=N–C) groups is 2. The number of amides is 3. The average Bonchev–Trinajstić information content (AvgIpc) is 2.68. The van der Waals surface area contributed by atoms with E-state index in [-0.39, 0.29) is 5.91 Å². The van der Waals surface area contributed by atoms with E-state index in [4.69, 9.17) is 5.11 Å². The van der Waals surface area contributed by atoms with Crippen LogP contribution in [0.5, 0.6) is 0 Å². The summed E-state index contributed by atoms with van der Waals surface area (Å²) < 4.78 is 0. The molecule has 0 aromatic heterocycles. The maximum Gasteiger partial charge on any atom is 0.382 e.